The molecule has 22 heavy (non-hydrogen) atoms. The van der Waals surface area contributed by atoms with Gasteiger partial charge in [0.15, 0.2) is 0 Å². The molecule has 2 rings (SSSR count). The third kappa shape index (κ3) is 4.70. The molecule has 1 fully saturated rings. The van der Waals surface area contributed by atoms with Crippen LogP contribution in [0.25, 0.3) is 0 Å². The first-order chi connectivity index (χ1) is 10.6. The van der Waals surface area contributed by atoms with Gasteiger partial charge in [0.2, 0.25) is 5.91 Å². The molecule has 1 heterocycles. The van der Waals surface area contributed by atoms with Crippen molar-refractivity contribution in [3.05, 3.63) is 34.9 Å². The summed E-state index contributed by atoms with van der Waals surface area (Å²) in [6.45, 7) is 7.19. The van der Waals surface area contributed by atoms with E-state index >= 15 is 0 Å². The van der Waals surface area contributed by atoms with Crippen LogP contribution in [0.1, 0.15) is 24.8 Å². The number of rotatable bonds is 5. The minimum Gasteiger partial charge on any atom is -0.383 e. The van der Waals surface area contributed by atoms with Crippen LogP contribution in [-0.2, 0) is 9.53 Å². The number of carbonyl (C=O) groups excluding carboxylic acids is 1. The Kier molecular flexibility index (Phi) is 6.68. The predicted molar refractivity (Wildman–Crippen MR) is 89.4 cm³/mol. The average Bonchev–Trinajstić information content (AvgIpc) is 2.77. The van der Waals surface area contributed by atoms with Crippen LogP contribution in [0.15, 0.2) is 24.3 Å². The summed E-state index contributed by atoms with van der Waals surface area (Å²) in [6.07, 6.45) is 1.01. The highest BCUT2D eigenvalue weighted by Crippen LogP contribution is 2.22. The first-order valence-electron chi connectivity index (χ1n) is 7.87. The first-order valence-corrected chi connectivity index (χ1v) is 8.25. The molecule has 1 aliphatic heterocycles. The molecule has 1 aromatic rings. The Morgan fingerprint density at radius 1 is 1.32 bits per heavy atom. The van der Waals surface area contributed by atoms with E-state index in [0.717, 1.165) is 51.3 Å². The third-order valence-corrected chi connectivity index (χ3v) is 4.47. The van der Waals surface area contributed by atoms with E-state index in [2.05, 4.69) is 4.90 Å². The highest BCUT2D eigenvalue weighted by Gasteiger charge is 2.24. The van der Waals surface area contributed by atoms with E-state index in [1.165, 1.54) is 0 Å². The summed E-state index contributed by atoms with van der Waals surface area (Å²) in [5.41, 5.74) is 0.984. The van der Waals surface area contributed by atoms with Crippen molar-refractivity contribution < 1.29 is 9.53 Å². The molecule has 1 unspecified atom stereocenters. The van der Waals surface area contributed by atoms with E-state index in [1.54, 1.807) is 7.11 Å². The lowest BCUT2D eigenvalue weighted by Gasteiger charge is -2.25. The van der Waals surface area contributed by atoms with Crippen molar-refractivity contribution in [3.63, 3.8) is 0 Å². The molecule has 1 aliphatic rings. The zero-order chi connectivity index (χ0) is 15.9. The molecule has 1 aromatic carbocycles. The Morgan fingerprint density at radius 2 is 2.14 bits per heavy atom. The molecule has 0 spiro atoms. The van der Waals surface area contributed by atoms with Crippen LogP contribution in [0.2, 0.25) is 5.02 Å². The molecule has 0 N–H and O–H groups in total. The number of halogens is 1. The van der Waals surface area contributed by atoms with Crippen molar-refractivity contribution in [2.45, 2.75) is 19.3 Å². The standard InChI is InChI=1S/C17H25ClN2O2/c1-14(15-5-3-6-16(18)13-15)17(21)20-8-4-7-19(9-10-20)11-12-22-2/h3,5-6,13-14H,4,7-12H2,1-2H3. The maximum Gasteiger partial charge on any atom is 0.229 e. The first kappa shape index (κ1) is 17.3. The summed E-state index contributed by atoms with van der Waals surface area (Å²) in [4.78, 5) is 17.1. The van der Waals surface area contributed by atoms with E-state index in [9.17, 15) is 4.79 Å². The molecule has 0 bridgehead atoms. The van der Waals surface area contributed by atoms with Gasteiger partial charge in [0, 0.05) is 38.3 Å². The van der Waals surface area contributed by atoms with Crippen molar-refractivity contribution in [3.8, 4) is 0 Å². The van der Waals surface area contributed by atoms with Crippen molar-refractivity contribution in [2.75, 3.05) is 46.4 Å². The Hall–Kier alpha value is -1.10. The molecule has 0 radical (unpaired) electrons. The lowest BCUT2D eigenvalue weighted by Crippen LogP contribution is -2.38. The monoisotopic (exact) mass is 324 g/mol. The van der Waals surface area contributed by atoms with Crippen LogP contribution in [0, 0.1) is 0 Å². The highest BCUT2D eigenvalue weighted by atomic mass is 35.5. The summed E-state index contributed by atoms with van der Waals surface area (Å²) >= 11 is 6.03. The summed E-state index contributed by atoms with van der Waals surface area (Å²) in [5.74, 6) is 0.0417. The largest absolute Gasteiger partial charge is 0.383 e. The molecule has 1 amide bonds. The number of hydrogen-bond donors (Lipinski definition) is 0. The van der Waals surface area contributed by atoms with Gasteiger partial charge in [-0.3, -0.25) is 9.69 Å². The fourth-order valence-corrected chi connectivity index (χ4v) is 3.03. The second-order valence-electron chi connectivity index (χ2n) is 5.79. The summed E-state index contributed by atoms with van der Waals surface area (Å²) < 4.78 is 5.13. The van der Waals surface area contributed by atoms with Crippen LogP contribution in [-0.4, -0.2) is 62.1 Å². The Bertz CT molecular complexity index is 495. The van der Waals surface area contributed by atoms with Crippen molar-refractivity contribution >= 4 is 17.5 Å². The highest BCUT2D eigenvalue weighted by molar-refractivity contribution is 6.30. The van der Waals surface area contributed by atoms with Gasteiger partial charge in [0.1, 0.15) is 0 Å². The SMILES string of the molecule is COCCN1CCCN(C(=O)C(C)c2cccc(Cl)c2)CC1. The molecule has 4 nitrogen and oxygen atoms in total. The van der Waals surface area contributed by atoms with Crippen LogP contribution in [0.5, 0.6) is 0 Å². The van der Waals surface area contributed by atoms with E-state index in [1.807, 2.05) is 36.1 Å². The molecule has 1 saturated heterocycles. The molecular weight excluding hydrogens is 300 g/mol. The van der Waals surface area contributed by atoms with Gasteiger partial charge in [-0.05, 0) is 37.6 Å². The zero-order valence-corrected chi connectivity index (χ0v) is 14.2. The maximum absolute atomic E-state index is 12.7. The van der Waals surface area contributed by atoms with E-state index in [0.29, 0.717) is 5.02 Å². The lowest BCUT2D eigenvalue weighted by molar-refractivity contribution is -0.132. The van der Waals surface area contributed by atoms with Crippen molar-refractivity contribution in [2.24, 2.45) is 0 Å². The van der Waals surface area contributed by atoms with Crippen molar-refractivity contribution in [1.29, 1.82) is 0 Å². The fraction of sp³-hybridized carbons (Fsp3) is 0.588. The predicted octanol–water partition coefficient (Wildman–Crippen LogP) is 2.62. The Labute approximate surface area is 138 Å². The van der Waals surface area contributed by atoms with Gasteiger partial charge in [0.05, 0.1) is 12.5 Å². The minimum absolute atomic E-state index is 0.149. The Balaban J connectivity index is 1.94. The topological polar surface area (TPSA) is 32.8 Å². The molecule has 0 saturated carbocycles. The van der Waals surface area contributed by atoms with Crippen LogP contribution in [0.3, 0.4) is 0 Å². The van der Waals surface area contributed by atoms with E-state index in [4.69, 9.17) is 16.3 Å². The zero-order valence-electron chi connectivity index (χ0n) is 13.4. The fourth-order valence-electron chi connectivity index (χ4n) is 2.83. The van der Waals surface area contributed by atoms with Gasteiger partial charge >= 0.3 is 0 Å². The second-order valence-corrected chi connectivity index (χ2v) is 6.23. The van der Waals surface area contributed by atoms with Gasteiger partial charge in [-0.25, -0.2) is 0 Å². The van der Waals surface area contributed by atoms with Crippen LogP contribution < -0.4 is 0 Å². The average molecular weight is 325 g/mol. The minimum atomic E-state index is -0.149. The quantitative estimate of drug-likeness (QED) is 0.834. The normalized spacial score (nSPS) is 18.0. The molecule has 1 atom stereocenters. The number of nitrogens with zero attached hydrogens (tertiary/aromatic N) is 2. The second kappa shape index (κ2) is 8.51. The molecule has 122 valence electrons. The summed E-state index contributed by atoms with van der Waals surface area (Å²) in [6, 6.07) is 7.59. The molecule has 0 aromatic heterocycles. The maximum atomic E-state index is 12.7. The number of carbonyl (C=O) groups is 1. The van der Waals surface area contributed by atoms with Gasteiger partial charge < -0.3 is 9.64 Å². The van der Waals surface area contributed by atoms with Crippen LogP contribution >= 0.6 is 11.6 Å². The number of ether oxygens (including phenoxy) is 1. The smallest absolute Gasteiger partial charge is 0.229 e. The lowest BCUT2D eigenvalue weighted by atomic mass is 9.99. The number of hydrogen-bond acceptors (Lipinski definition) is 3. The van der Waals surface area contributed by atoms with Gasteiger partial charge in [-0.15, -0.1) is 0 Å². The van der Waals surface area contributed by atoms with Gasteiger partial charge in [-0.2, -0.15) is 0 Å². The number of benzene rings is 1. The van der Waals surface area contributed by atoms with E-state index < -0.39 is 0 Å². The van der Waals surface area contributed by atoms with Crippen LogP contribution in [0.4, 0.5) is 0 Å². The number of methoxy groups -OCH3 is 1. The molecule has 0 aliphatic carbocycles. The Morgan fingerprint density at radius 3 is 2.86 bits per heavy atom. The van der Waals surface area contributed by atoms with Gasteiger partial charge in [0.25, 0.3) is 0 Å². The van der Waals surface area contributed by atoms with Gasteiger partial charge in [-0.1, -0.05) is 23.7 Å². The molecule has 5 heteroatoms. The van der Waals surface area contributed by atoms with E-state index in [-0.39, 0.29) is 11.8 Å². The van der Waals surface area contributed by atoms with Crippen molar-refractivity contribution in [1.82, 2.24) is 9.80 Å². The third-order valence-electron chi connectivity index (χ3n) is 4.23. The summed E-state index contributed by atoms with van der Waals surface area (Å²) in [7, 11) is 1.72. The number of amides is 1. The summed E-state index contributed by atoms with van der Waals surface area (Å²) in [5, 5.41) is 0.679. The molecular formula is C17H25ClN2O2.